The van der Waals surface area contributed by atoms with Crippen LogP contribution in [0.15, 0.2) is 42.5 Å². The maximum atomic E-state index is 12.7. The summed E-state index contributed by atoms with van der Waals surface area (Å²) in [5, 5.41) is 11.7. The number of aromatic hydroxyl groups is 1. The highest BCUT2D eigenvalue weighted by atomic mass is 16.5. The van der Waals surface area contributed by atoms with E-state index in [2.05, 4.69) is 0 Å². The van der Waals surface area contributed by atoms with E-state index in [4.69, 9.17) is 18.9 Å². The molecule has 0 fully saturated rings. The number of ether oxygens (including phenoxy) is 4. The Morgan fingerprint density at radius 2 is 1.34 bits per heavy atom. The van der Waals surface area contributed by atoms with E-state index >= 15 is 0 Å². The lowest BCUT2D eigenvalue weighted by molar-refractivity contribution is 0.0553. The van der Waals surface area contributed by atoms with E-state index in [0.29, 0.717) is 33.4 Å². The van der Waals surface area contributed by atoms with Gasteiger partial charge in [-0.3, -0.25) is 0 Å². The molecule has 7 nitrogen and oxygen atoms in total. The Bertz CT molecular complexity index is 1100. The quantitative estimate of drug-likeness (QED) is 0.656. The van der Waals surface area contributed by atoms with Gasteiger partial charge in [-0.05, 0) is 23.1 Å². The van der Waals surface area contributed by atoms with Gasteiger partial charge in [0.25, 0.3) is 0 Å². The van der Waals surface area contributed by atoms with Crippen LogP contribution in [0.3, 0.4) is 0 Å². The zero-order valence-electron chi connectivity index (χ0n) is 16.4. The Labute approximate surface area is 167 Å². The van der Waals surface area contributed by atoms with E-state index in [1.54, 1.807) is 42.5 Å². The number of carbonyl (C=O) groups excluding carboxylic acids is 2. The van der Waals surface area contributed by atoms with Crippen LogP contribution >= 0.6 is 0 Å². The zero-order chi connectivity index (χ0) is 21.1. The molecule has 150 valence electrons. The van der Waals surface area contributed by atoms with Gasteiger partial charge in [0, 0.05) is 10.9 Å². The molecule has 0 amide bonds. The monoisotopic (exact) mass is 396 g/mol. The number of fused-ring (bicyclic) bond motifs is 1. The number of phenolic OH excluding ortho intramolecular Hbond substituents is 1. The van der Waals surface area contributed by atoms with Crippen LogP contribution in [-0.4, -0.2) is 45.5 Å². The van der Waals surface area contributed by atoms with Crippen molar-refractivity contribution >= 4 is 22.7 Å². The second-order valence-electron chi connectivity index (χ2n) is 6.07. The van der Waals surface area contributed by atoms with Crippen molar-refractivity contribution in [2.75, 3.05) is 28.4 Å². The fourth-order valence-corrected chi connectivity index (χ4v) is 3.32. The molecule has 0 aliphatic carbocycles. The largest absolute Gasteiger partial charge is 0.506 e. The molecule has 0 aliphatic heterocycles. The van der Waals surface area contributed by atoms with E-state index in [9.17, 15) is 14.7 Å². The number of esters is 2. The van der Waals surface area contributed by atoms with Crippen LogP contribution in [0.4, 0.5) is 0 Å². The van der Waals surface area contributed by atoms with Gasteiger partial charge in [-0.1, -0.05) is 30.3 Å². The van der Waals surface area contributed by atoms with Gasteiger partial charge < -0.3 is 24.1 Å². The molecule has 0 spiro atoms. The number of benzene rings is 3. The molecule has 0 bridgehead atoms. The molecular formula is C22H20O7. The lowest BCUT2D eigenvalue weighted by Crippen LogP contribution is -2.14. The lowest BCUT2D eigenvalue weighted by Gasteiger charge is -2.18. The molecule has 0 radical (unpaired) electrons. The minimum absolute atomic E-state index is 0.0947. The van der Waals surface area contributed by atoms with Crippen molar-refractivity contribution in [2.45, 2.75) is 0 Å². The minimum Gasteiger partial charge on any atom is -0.506 e. The first-order valence-corrected chi connectivity index (χ1v) is 8.65. The van der Waals surface area contributed by atoms with Crippen molar-refractivity contribution in [3.63, 3.8) is 0 Å². The third-order valence-corrected chi connectivity index (χ3v) is 4.64. The summed E-state index contributed by atoms with van der Waals surface area (Å²) < 4.78 is 20.4. The van der Waals surface area contributed by atoms with Crippen molar-refractivity contribution < 1.29 is 33.6 Å². The van der Waals surface area contributed by atoms with E-state index in [1.807, 2.05) is 0 Å². The predicted molar refractivity (Wildman–Crippen MR) is 107 cm³/mol. The van der Waals surface area contributed by atoms with Gasteiger partial charge >= 0.3 is 11.9 Å². The number of hydrogen-bond donors (Lipinski definition) is 1. The van der Waals surface area contributed by atoms with Crippen LogP contribution in [0.5, 0.6) is 17.2 Å². The first kappa shape index (κ1) is 20.0. The summed E-state index contributed by atoms with van der Waals surface area (Å²) in [6, 6.07) is 12.0. The van der Waals surface area contributed by atoms with Gasteiger partial charge in [0.1, 0.15) is 11.3 Å². The molecule has 0 saturated heterocycles. The Kier molecular flexibility index (Phi) is 5.59. The summed E-state index contributed by atoms with van der Waals surface area (Å²) in [6.07, 6.45) is 0. The van der Waals surface area contributed by atoms with E-state index in [0.717, 1.165) is 0 Å². The topological polar surface area (TPSA) is 91.3 Å². The third kappa shape index (κ3) is 3.31. The van der Waals surface area contributed by atoms with E-state index in [-0.39, 0.29) is 16.9 Å². The molecule has 0 aliphatic rings. The molecule has 29 heavy (non-hydrogen) atoms. The fraction of sp³-hybridized carbons (Fsp3) is 0.182. The van der Waals surface area contributed by atoms with Gasteiger partial charge in [-0.2, -0.15) is 0 Å². The van der Waals surface area contributed by atoms with Crippen LogP contribution in [0.25, 0.3) is 21.9 Å². The van der Waals surface area contributed by atoms with Gasteiger partial charge in [0.05, 0.1) is 34.0 Å². The SMILES string of the molecule is COC(=O)c1c(C(=O)OC)c(-c2ccc(OC)c(OC)c2)c2ccccc2c1O. The van der Waals surface area contributed by atoms with Crippen LogP contribution in [-0.2, 0) is 9.47 Å². The number of phenols is 1. The van der Waals surface area contributed by atoms with Crippen molar-refractivity contribution in [1.82, 2.24) is 0 Å². The average molecular weight is 396 g/mol. The highest BCUT2D eigenvalue weighted by molar-refractivity contribution is 6.18. The average Bonchev–Trinajstić information content (AvgIpc) is 2.77. The summed E-state index contributed by atoms with van der Waals surface area (Å²) >= 11 is 0. The third-order valence-electron chi connectivity index (χ3n) is 4.64. The molecule has 0 saturated carbocycles. The van der Waals surface area contributed by atoms with Crippen molar-refractivity contribution in [1.29, 1.82) is 0 Å². The number of rotatable bonds is 5. The van der Waals surface area contributed by atoms with Crippen molar-refractivity contribution in [3.05, 3.63) is 53.6 Å². The minimum atomic E-state index is -0.852. The van der Waals surface area contributed by atoms with Crippen LogP contribution < -0.4 is 9.47 Å². The summed E-state index contributed by atoms with van der Waals surface area (Å²) in [4.78, 5) is 25.2. The Balaban J connectivity index is 2.52. The molecule has 3 aromatic rings. The second kappa shape index (κ2) is 8.10. The summed E-state index contributed by atoms with van der Waals surface area (Å²) in [6.45, 7) is 0. The predicted octanol–water partition coefficient (Wildman–Crippen LogP) is 3.80. The Hall–Kier alpha value is -3.74. The molecule has 0 aromatic heterocycles. The molecule has 0 unspecified atom stereocenters. The van der Waals surface area contributed by atoms with E-state index < -0.39 is 11.9 Å². The summed E-state index contributed by atoms with van der Waals surface area (Å²) in [5.41, 5.74) is 0.626. The molecule has 7 heteroatoms. The first-order chi connectivity index (χ1) is 14.0. The summed E-state index contributed by atoms with van der Waals surface area (Å²) in [5.74, 6) is -1.03. The smallest absolute Gasteiger partial charge is 0.342 e. The highest BCUT2D eigenvalue weighted by Gasteiger charge is 2.30. The number of methoxy groups -OCH3 is 4. The molecule has 3 aromatic carbocycles. The Morgan fingerprint density at radius 3 is 1.93 bits per heavy atom. The van der Waals surface area contributed by atoms with E-state index in [1.165, 1.54) is 28.4 Å². The van der Waals surface area contributed by atoms with Crippen LogP contribution in [0, 0.1) is 0 Å². The number of carbonyl (C=O) groups is 2. The Morgan fingerprint density at radius 1 is 0.759 bits per heavy atom. The van der Waals surface area contributed by atoms with Gasteiger partial charge in [0.2, 0.25) is 0 Å². The van der Waals surface area contributed by atoms with Gasteiger partial charge in [-0.25, -0.2) is 9.59 Å². The van der Waals surface area contributed by atoms with Crippen molar-refractivity contribution in [2.24, 2.45) is 0 Å². The lowest BCUT2D eigenvalue weighted by atomic mass is 9.88. The fourth-order valence-electron chi connectivity index (χ4n) is 3.32. The number of hydrogen-bond acceptors (Lipinski definition) is 7. The molecule has 1 N–H and O–H groups in total. The maximum absolute atomic E-state index is 12.7. The standard InChI is InChI=1S/C22H20O7/c1-26-15-10-9-12(11-16(15)27-2)17-13-7-5-6-8-14(13)20(23)19(22(25)29-4)18(17)21(24)28-3/h5-11,23H,1-4H3. The van der Waals surface area contributed by atoms with Gasteiger partial charge in [0.15, 0.2) is 11.5 Å². The van der Waals surface area contributed by atoms with Crippen molar-refractivity contribution in [3.8, 4) is 28.4 Å². The zero-order valence-corrected chi connectivity index (χ0v) is 16.4. The van der Waals surface area contributed by atoms with Crippen LogP contribution in [0.1, 0.15) is 20.7 Å². The van der Waals surface area contributed by atoms with Crippen LogP contribution in [0.2, 0.25) is 0 Å². The molecule has 0 atom stereocenters. The maximum Gasteiger partial charge on any atom is 0.342 e. The van der Waals surface area contributed by atoms with Gasteiger partial charge in [-0.15, -0.1) is 0 Å². The summed E-state index contributed by atoms with van der Waals surface area (Å²) in [7, 11) is 5.39. The highest BCUT2D eigenvalue weighted by Crippen LogP contribution is 2.43. The first-order valence-electron chi connectivity index (χ1n) is 8.65. The molecule has 3 rings (SSSR count). The molecular weight excluding hydrogens is 376 g/mol. The normalized spacial score (nSPS) is 10.5. The molecule has 0 heterocycles. The second-order valence-corrected chi connectivity index (χ2v) is 6.07.